The molecule has 1 aromatic carbocycles. The van der Waals surface area contributed by atoms with Crippen molar-refractivity contribution in [1.29, 1.82) is 0 Å². The largest absolute Gasteiger partial charge is 0.134 e. The van der Waals surface area contributed by atoms with Crippen molar-refractivity contribution >= 4 is 69.6 Å². The number of benzene rings is 1. The van der Waals surface area contributed by atoms with Gasteiger partial charge in [-0.05, 0) is 11.6 Å². The summed E-state index contributed by atoms with van der Waals surface area (Å²) in [7, 11) is 0. The molecule has 0 amide bonds. The van der Waals surface area contributed by atoms with Gasteiger partial charge in [0.15, 0.2) is 0 Å². The number of halogens is 6. The summed E-state index contributed by atoms with van der Waals surface area (Å²) in [6.45, 7) is 0. The lowest BCUT2D eigenvalue weighted by molar-refractivity contribution is 1.24. The van der Waals surface area contributed by atoms with E-state index in [1.54, 1.807) is 0 Å². The van der Waals surface area contributed by atoms with Gasteiger partial charge < -0.3 is 0 Å². The minimum absolute atomic E-state index is 0.182. The molecular weight excluding hydrogens is 309 g/mol. The van der Waals surface area contributed by atoms with Gasteiger partial charge in [-0.2, -0.15) is 0 Å². The molecule has 0 bridgehead atoms. The van der Waals surface area contributed by atoms with Crippen LogP contribution in [0.25, 0.3) is 0 Å². The van der Waals surface area contributed by atoms with Crippen molar-refractivity contribution in [3.63, 3.8) is 0 Å². The molecule has 6 heteroatoms. The molecule has 0 aliphatic heterocycles. The van der Waals surface area contributed by atoms with E-state index in [0.29, 0.717) is 26.2 Å². The minimum Gasteiger partial charge on any atom is -0.121 e. The van der Waals surface area contributed by atoms with Crippen LogP contribution in [0, 0.1) is 0 Å². The summed E-state index contributed by atoms with van der Waals surface area (Å²) in [5.41, 5.74) is 1.08. The van der Waals surface area contributed by atoms with Crippen LogP contribution in [-0.2, 0) is 5.88 Å². The highest BCUT2D eigenvalue weighted by Gasteiger charge is 2.19. The first kappa shape index (κ1) is 13.0. The molecule has 1 aromatic rings. The Morgan fingerprint density at radius 2 is 1.64 bits per heavy atom. The van der Waals surface area contributed by atoms with Gasteiger partial charge in [-0.25, -0.2) is 0 Å². The monoisotopic (exact) mass is 310 g/mol. The predicted molar refractivity (Wildman–Crippen MR) is 65.5 cm³/mol. The second-order valence-corrected chi connectivity index (χ2v) is 5.04. The van der Waals surface area contributed by atoms with Gasteiger partial charge in [0.2, 0.25) is 0 Å². The molecule has 0 spiro atoms. The Kier molecular flexibility index (Phi) is 4.97. The van der Waals surface area contributed by atoms with Gasteiger partial charge in [-0.3, -0.25) is 0 Å². The maximum absolute atomic E-state index is 5.93. The second kappa shape index (κ2) is 5.34. The first-order valence-corrected chi connectivity index (χ1v) is 6.03. The molecule has 0 aliphatic carbocycles. The molecule has 14 heavy (non-hydrogen) atoms. The smallest absolute Gasteiger partial charge is 0.121 e. The van der Waals surface area contributed by atoms with Crippen LogP contribution in [0.15, 0.2) is 6.07 Å². The van der Waals surface area contributed by atoms with Gasteiger partial charge in [-0.1, -0.05) is 58.0 Å². The molecule has 0 fully saturated rings. The van der Waals surface area contributed by atoms with Crippen molar-refractivity contribution in [3.05, 3.63) is 32.3 Å². The van der Waals surface area contributed by atoms with Crippen LogP contribution in [0.1, 0.15) is 16.0 Å². The Morgan fingerprint density at radius 1 is 1.07 bits per heavy atom. The van der Waals surface area contributed by atoms with Gasteiger partial charge in [0.05, 0.1) is 10.0 Å². The molecule has 0 unspecified atom stereocenters. The van der Waals surface area contributed by atoms with Gasteiger partial charge in [0.25, 0.3) is 0 Å². The van der Waals surface area contributed by atoms with E-state index in [1.165, 1.54) is 6.07 Å². The molecule has 0 radical (unpaired) electrons. The van der Waals surface area contributed by atoms with E-state index < -0.39 is 4.84 Å². The van der Waals surface area contributed by atoms with Crippen molar-refractivity contribution in [3.8, 4) is 0 Å². The fourth-order valence-corrected chi connectivity index (χ4v) is 2.79. The number of alkyl halides is 3. The summed E-state index contributed by atoms with van der Waals surface area (Å²) in [5.74, 6) is 0.182. The molecule has 78 valence electrons. The number of rotatable bonds is 2. The van der Waals surface area contributed by atoms with E-state index in [9.17, 15) is 0 Å². The molecule has 0 atom stereocenters. The molecule has 0 saturated heterocycles. The first-order valence-electron chi connectivity index (χ1n) is 3.49. The van der Waals surface area contributed by atoms with E-state index in [4.69, 9.17) is 69.6 Å². The summed E-state index contributed by atoms with van der Waals surface area (Å²) in [6, 6.07) is 1.52. The van der Waals surface area contributed by atoms with Gasteiger partial charge in [0, 0.05) is 16.5 Å². The van der Waals surface area contributed by atoms with E-state index in [0.717, 1.165) is 0 Å². The third-order valence-electron chi connectivity index (χ3n) is 1.66. The quantitative estimate of drug-likeness (QED) is 0.474. The minimum atomic E-state index is -0.799. The summed E-state index contributed by atoms with van der Waals surface area (Å²) < 4.78 is 0. The van der Waals surface area contributed by atoms with Crippen molar-refractivity contribution in [2.24, 2.45) is 0 Å². The molecular formula is C8H4Cl6. The van der Waals surface area contributed by atoms with E-state index in [1.807, 2.05) is 0 Å². The van der Waals surface area contributed by atoms with E-state index >= 15 is 0 Å². The molecule has 0 saturated carbocycles. The summed E-state index contributed by atoms with van der Waals surface area (Å²) >= 11 is 34.8. The van der Waals surface area contributed by atoms with Crippen molar-refractivity contribution in [1.82, 2.24) is 0 Å². The van der Waals surface area contributed by atoms with Crippen LogP contribution in [0.5, 0.6) is 0 Å². The lowest BCUT2D eigenvalue weighted by atomic mass is 10.1. The zero-order valence-electron chi connectivity index (χ0n) is 6.63. The molecule has 0 heterocycles. The fraction of sp³-hybridized carbons (Fsp3) is 0.250. The Labute approximate surface area is 112 Å². The fourth-order valence-electron chi connectivity index (χ4n) is 1.01. The van der Waals surface area contributed by atoms with Crippen molar-refractivity contribution in [2.45, 2.75) is 10.7 Å². The van der Waals surface area contributed by atoms with Crippen molar-refractivity contribution < 1.29 is 0 Å². The Bertz CT molecular complexity index is 346. The van der Waals surface area contributed by atoms with Crippen LogP contribution < -0.4 is 0 Å². The maximum atomic E-state index is 5.93. The average Bonchev–Trinajstić information content (AvgIpc) is 2.10. The van der Waals surface area contributed by atoms with Crippen LogP contribution in [0.2, 0.25) is 15.1 Å². The van der Waals surface area contributed by atoms with Gasteiger partial charge in [-0.15, -0.1) is 11.6 Å². The normalized spacial score (nSPS) is 11.1. The lowest BCUT2D eigenvalue weighted by Gasteiger charge is -2.13. The van der Waals surface area contributed by atoms with Crippen LogP contribution in [0.4, 0.5) is 0 Å². The Balaban J connectivity index is 3.48. The van der Waals surface area contributed by atoms with Crippen LogP contribution in [-0.4, -0.2) is 0 Å². The standard InChI is InChI=1S/C8H4Cl6/c9-2-3-4(10)1-5(11)7(12)6(3)8(13)14/h1,8H,2H2. The van der Waals surface area contributed by atoms with Crippen LogP contribution in [0.3, 0.4) is 0 Å². The first-order chi connectivity index (χ1) is 6.49. The lowest BCUT2D eigenvalue weighted by Crippen LogP contribution is -1.94. The van der Waals surface area contributed by atoms with E-state index in [2.05, 4.69) is 0 Å². The summed E-state index contributed by atoms with van der Waals surface area (Å²) in [4.78, 5) is -0.799. The molecule has 0 N–H and O–H groups in total. The zero-order valence-corrected chi connectivity index (χ0v) is 11.2. The van der Waals surface area contributed by atoms with Gasteiger partial charge in [0.1, 0.15) is 4.84 Å². The average molecular weight is 313 g/mol. The SMILES string of the molecule is ClCc1c(Cl)cc(Cl)c(Cl)c1C(Cl)Cl. The number of hydrogen-bond acceptors (Lipinski definition) is 0. The number of hydrogen-bond donors (Lipinski definition) is 0. The Morgan fingerprint density at radius 3 is 2.07 bits per heavy atom. The highest BCUT2D eigenvalue weighted by atomic mass is 35.5. The molecule has 0 nitrogen and oxygen atoms in total. The highest BCUT2D eigenvalue weighted by Crippen LogP contribution is 2.41. The topological polar surface area (TPSA) is 0 Å². The van der Waals surface area contributed by atoms with Crippen molar-refractivity contribution in [2.75, 3.05) is 0 Å². The third kappa shape index (κ3) is 2.55. The van der Waals surface area contributed by atoms with E-state index in [-0.39, 0.29) is 5.88 Å². The van der Waals surface area contributed by atoms with Gasteiger partial charge >= 0.3 is 0 Å². The highest BCUT2D eigenvalue weighted by molar-refractivity contribution is 6.48. The Hall–Kier alpha value is 0.960. The third-order valence-corrected chi connectivity index (χ3v) is 3.51. The summed E-state index contributed by atoms with van der Waals surface area (Å²) in [5, 5.41) is 1.02. The predicted octanol–water partition coefficient (Wildman–Crippen LogP) is 5.86. The van der Waals surface area contributed by atoms with Crippen LogP contribution >= 0.6 is 69.6 Å². The second-order valence-electron chi connectivity index (χ2n) is 2.48. The maximum Gasteiger partial charge on any atom is 0.134 e. The molecule has 1 rings (SSSR count). The molecule has 0 aromatic heterocycles. The summed E-state index contributed by atoms with van der Waals surface area (Å²) in [6.07, 6.45) is 0. The zero-order chi connectivity index (χ0) is 10.9. The molecule has 0 aliphatic rings.